The lowest BCUT2D eigenvalue weighted by Crippen LogP contribution is -2.13. The summed E-state index contributed by atoms with van der Waals surface area (Å²) in [7, 11) is -0.706. The average molecular weight is 339 g/mol. The molecule has 0 aliphatic carbocycles. The minimum Gasteiger partial charge on any atom is -0.497 e. The van der Waals surface area contributed by atoms with Gasteiger partial charge >= 0.3 is 0 Å². The molecule has 1 N–H and O–H groups in total. The second-order valence-electron chi connectivity index (χ2n) is 4.35. The first kappa shape index (κ1) is 16.5. The molecule has 0 saturated heterocycles. The number of ether oxygens (including phenoxy) is 2. The second-order valence-corrected chi connectivity index (χ2v) is 6.91. The van der Waals surface area contributed by atoms with Crippen molar-refractivity contribution in [1.29, 1.82) is 0 Å². The predicted octanol–water partition coefficient (Wildman–Crippen LogP) is 3.23. The first-order valence-electron chi connectivity index (χ1n) is 6.39. The maximum atomic E-state index is 12.5. The van der Waals surface area contributed by atoms with Crippen LogP contribution in [-0.2, 0) is 10.0 Å². The van der Waals surface area contributed by atoms with Gasteiger partial charge in [0.05, 0.1) is 24.8 Å². The highest BCUT2D eigenvalue weighted by atomic mass is 32.2. The summed E-state index contributed by atoms with van der Waals surface area (Å²) in [6.45, 7) is 0. The largest absolute Gasteiger partial charge is 0.497 e. The lowest BCUT2D eigenvalue weighted by Gasteiger charge is -2.13. The number of methoxy groups -OCH3 is 2. The van der Waals surface area contributed by atoms with Gasteiger partial charge in [-0.2, -0.15) is 0 Å². The molecule has 0 aromatic heterocycles. The average Bonchev–Trinajstić information content (AvgIpc) is 2.54. The second kappa shape index (κ2) is 6.93. The van der Waals surface area contributed by atoms with Crippen LogP contribution in [0.2, 0.25) is 0 Å². The highest BCUT2D eigenvalue weighted by Crippen LogP contribution is 2.31. The Morgan fingerprint density at radius 3 is 2.45 bits per heavy atom. The van der Waals surface area contributed by atoms with Crippen LogP contribution in [0.25, 0.3) is 0 Å². The van der Waals surface area contributed by atoms with E-state index in [1.54, 1.807) is 36.4 Å². The van der Waals surface area contributed by atoms with E-state index < -0.39 is 10.0 Å². The van der Waals surface area contributed by atoms with Gasteiger partial charge in [-0.15, -0.1) is 11.8 Å². The van der Waals surface area contributed by atoms with E-state index in [1.165, 1.54) is 26.0 Å². The molecule has 0 unspecified atom stereocenters. The van der Waals surface area contributed by atoms with E-state index in [4.69, 9.17) is 9.47 Å². The van der Waals surface area contributed by atoms with Gasteiger partial charge in [0.25, 0.3) is 10.0 Å². The van der Waals surface area contributed by atoms with Gasteiger partial charge in [-0.05, 0) is 36.6 Å². The molecule has 0 bridgehead atoms. The Kier molecular flexibility index (Phi) is 5.20. The van der Waals surface area contributed by atoms with Crippen LogP contribution in [-0.4, -0.2) is 28.9 Å². The molecule has 2 rings (SSSR count). The Bertz CT molecular complexity index is 760. The van der Waals surface area contributed by atoms with Crippen LogP contribution < -0.4 is 14.2 Å². The zero-order chi connectivity index (χ0) is 16.2. The highest BCUT2D eigenvalue weighted by Gasteiger charge is 2.17. The lowest BCUT2D eigenvalue weighted by molar-refractivity contribution is 0.405. The fourth-order valence-electron chi connectivity index (χ4n) is 1.87. The van der Waals surface area contributed by atoms with Gasteiger partial charge < -0.3 is 9.47 Å². The summed E-state index contributed by atoms with van der Waals surface area (Å²) in [5.74, 6) is 0.960. The Hall–Kier alpha value is -1.86. The molecule has 7 heteroatoms. The summed E-state index contributed by atoms with van der Waals surface area (Å²) < 4.78 is 37.9. The van der Waals surface area contributed by atoms with Crippen molar-refractivity contribution >= 4 is 27.5 Å². The van der Waals surface area contributed by atoms with Crippen molar-refractivity contribution in [2.24, 2.45) is 0 Å². The number of hydrogen-bond acceptors (Lipinski definition) is 5. The molecule has 0 atom stereocenters. The fraction of sp³-hybridized carbons (Fsp3) is 0.200. The van der Waals surface area contributed by atoms with Crippen molar-refractivity contribution in [2.75, 3.05) is 25.2 Å². The predicted molar refractivity (Wildman–Crippen MR) is 88.6 cm³/mol. The van der Waals surface area contributed by atoms with Crippen molar-refractivity contribution in [2.45, 2.75) is 9.79 Å². The molecule has 118 valence electrons. The maximum Gasteiger partial charge on any atom is 0.262 e. The minimum absolute atomic E-state index is 0.198. The summed E-state index contributed by atoms with van der Waals surface area (Å²) in [5, 5.41) is 0. The number of anilines is 1. The van der Waals surface area contributed by atoms with Crippen LogP contribution in [0.3, 0.4) is 0 Å². The molecule has 0 fully saturated rings. The maximum absolute atomic E-state index is 12.5. The van der Waals surface area contributed by atoms with Gasteiger partial charge in [0, 0.05) is 11.0 Å². The smallest absolute Gasteiger partial charge is 0.262 e. The van der Waals surface area contributed by atoms with E-state index in [0.717, 1.165) is 4.90 Å². The van der Waals surface area contributed by atoms with Crippen molar-refractivity contribution in [3.05, 3.63) is 42.5 Å². The Balaban J connectivity index is 2.39. The molecule has 0 aliphatic rings. The van der Waals surface area contributed by atoms with Gasteiger partial charge in [0.2, 0.25) is 0 Å². The van der Waals surface area contributed by atoms with Crippen LogP contribution in [0.4, 0.5) is 5.69 Å². The summed E-state index contributed by atoms with van der Waals surface area (Å²) in [6.07, 6.45) is 1.89. The van der Waals surface area contributed by atoms with Gasteiger partial charge in [-0.3, -0.25) is 4.72 Å². The van der Waals surface area contributed by atoms with E-state index in [9.17, 15) is 8.42 Å². The van der Waals surface area contributed by atoms with Crippen LogP contribution in [0, 0.1) is 0 Å². The summed E-state index contributed by atoms with van der Waals surface area (Å²) in [4.78, 5) is 1.07. The number of nitrogens with one attached hydrogen (secondary N) is 1. The molecule has 0 heterocycles. The SMILES string of the molecule is COc1ccc(OC)c(NS(=O)(=O)c2cccc(SC)c2)c1. The van der Waals surface area contributed by atoms with Gasteiger partial charge in [0.15, 0.2) is 0 Å². The van der Waals surface area contributed by atoms with E-state index >= 15 is 0 Å². The number of benzene rings is 2. The Morgan fingerprint density at radius 1 is 1.05 bits per heavy atom. The van der Waals surface area contributed by atoms with Crippen LogP contribution in [0.5, 0.6) is 11.5 Å². The van der Waals surface area contributed by atoms with E-state index in [2.05, 4.69) is 4.72 Å². The fourth-order valence-corrected chi connectivity index (χ4v) is 3.51. The molecular formula is C15H17NO4S2. The van der Waals surface area contributed by atoms with Crippen LogP contribution in [0.15, 0.2) is 52.3 Å². The number of rotatable bonds is 6. The molecule has 0 amide bonds. The quantitative estimate of drug-likeness (QED) is 0.819. The monoisotopic (exact) mass is 339 g/mol. The van der Waals surface area contributed by atoms with Crippen molar-refractivity contribution in [3.63, 3.8) is 0 Å². The van der Waals surface area contributed by atoms with Crippen molar-refractivity contribution < 1.29 is 17.9 Å². The van der Waals surface area contributed by atoms with Crippen LogP contribution >= 0.6 is 11.8 Å². The normalized spacial score (nSPS) is 11.0. The summed E-state index contributed by atoms with van der Waals surface area (Å²) in [5.41, 5.74) is 0.330. The summed E-state index contributed by atoms with van der Waals surface area (Å²) >= 11 is 1.48. The number of hydrogen-bond donors (Lipinski definition) is 1. The van der Waals surface area contributed by atoms with Crippen molar-refractivity contribution in [3.8, 4) is 11.5 Å². The minimum atomic E-state index is -3.70. The Morgan fingerprint density at radius 2 is 1.82 bits per heavy atom. The van der Waals surface area contributed by atoms with E-state index in [1.807, 2.05) is 12.3 Å². The molecule has 22 heavy (non-hydrogen) atoms. The molecule has 2 aromatic carbocycles. The number of thioether (sulfide) groups is 1. The first-order chi connectivity index (χ1) is 10.5. The zero-order valence-corrected chi connectivity index (χ0v) is 14.1. The van der Waals surface area contributed by atoms with E-state index in [-0.39, 0.29) is 4.90 Å². The first-order valence-corrected chi connectivity index (χ1v) is 9.10. The third-order valence-electron chi connectivity index (χ3n) is 3.00. The molecule has 0 radical (unpaired) electrons. The number of sulfonamides is 1. The van der Waals surface area contributed by atoms with Gasteiger partial charge in [0.1, 0.15) is 11.5 Å². The third-order valence-corrected chi connectivity index (χ3v) is 5.09. The summed E-state index contributed by atoms with van der Waals surface area (Å²) in [6, 6.07) is 11.7. The van der Waals surface area contributed by atoms with Gasteiger partial charge in [-0.1, -0.05) is 6.07 Å². The van der Waals surface area contributed by atoms with E-state index in [0.29, 0.717) is 17.2 Å². The molecule has 2 aromatic rings. The molecule has 0 saturated carbocycles. The molecular weight excluding hydrogens is 322 g/mol. The topological polar surface area (TPSA) is 64.6 Å². The van der Waals surface area contributed by atoms with Crippen LogP contribution in [0.1, 0.15) is 0 Å². The van der Waals surface area contributed by atoms with Crippen molar-refractivity contribution in [1.82, 2.24) is 0 Å². The standard InChI is InChI=1S/C15H17NO4S2/c1-19-11-7-8-15(20-2)14(9-11)16-22(17,18)13-6-4-5-12(10-13)21-3/h4-10,16H,1-3H3. The molecule has 0 spiro atoms. The lowest BCUT2D eigenvalue weighted by atomic mass is 10.3. The molecule has 5 nitrogen and oxygen atoms in total. The van der Waals surface area contributed by atoms with Gasteiger partial charge in [-0.25, -0.2) is 8.42 Å². The Labute approximate surface area is 134 Å². The molecule has 0 aliphatic heterocycles. The third kappa shape index (κ3) is 3.66. The highest BCUT2D eigenvalue weighted by molar-refractivity contribution is 7.98. The zero-order valence-electron chi connectivity index (χ0n) is 12.5.